The van der Waals surface area contributed by atoms with Gasteiger partial charge in [-0.05, 0) is 27.7 Å². The summed E-state index contributed by atoms with van der Waals surface area (Å²) in [6.45, 7) is 9.48. The summed E-state index contributed by atoms with van der Waals surface area (Å²) < 4.78 is 1.97. The number of hydrogen-bond donors (Lipinski definition) is 2. The van der Waals surface area contributed by atoms with E-state index < -0.39 is 5.97 Å². The van der Waals surface area contributed by atoms with Crippen molar-refractivity contribution in [2.45, 2.75) is 46.7 Å². The van der Waals surface area contributed by atoms with Gasteiger partial charge in [0.25, 0.3) is 0 Å². The van der Waals surface area contributed by atoms with Crippen LogP contribution in [-0.4, -0.2) is 27.4 Å². The number of carboxylic acids is 1. The molecule has 1 atom stereocenters. The maximum atomic E-state index is 10.4. The standard InChI is InChI=1S/C12H21N3O2/c1-5-15-10(4)12(9(3)14-15)8(2)13-7-6-11(16)17/h8,13H,5-7H2,1-4H3,(H,16,17). The molecule has 0 aliphatic rings. The van der Waals surface area contributed by atoms with E-state index in [0.717, 1.165) is 17.9 Å². The Balaban J connectivity index is 2.71. The maximum absolute atomic E-state index is 10.4. The van der Waals surface area contributed by atoms with Gasteiger partial charge in [0.2, 0.25) is 0 Å². The van der Waals surface area contributed by atoms with Crippen LogP contribution in [0.3, 0.4) is 0 Å². The third-order valence-corrected chi connectivity index (χ3v) is 2.96. The molecule has 0 amide bonds. The van der Waals surface area contributed by atoms with Crippen molar-refractivity contribution in [1.29, 1.82) is 0 Å². The van der Waals surface area contributed by atoms with Gasteiger partial charge in [0, 0.05) is 30.4 Å². The van der Waals surface area contributed by atoms with Gasteiger partial charge in [-0.1, -0.05) is 0 Å². The second-order valence-electron chi connectivity index (χ2n) is 4.22. The third-order valence-electron chi connectivity index (χ3n) is 2.96. The normalized spacial score (nSPS) is 12.7. The molecule has 1 rings (SSSR count). The topological polar surface area (TPSA) is 67.2 Å². The van der Waals surface area contributed by atoms with Crippen LogP contribution in [0.1, 0.15) is 43.3 Å². The lowest BCUT2D eigenvalue weighted by molar-refractivity contribution is -0.136. The Hall–Kier alpha value is -1.36. The average Bonchev–Trinajstić information content (AvgIpc) is 2.53. The molecule has 0 spiro atoms. The second-order valence-corrected chi connectivity index (χ2v) is 4.22. The number of nitrogens with one attached hydrogen (secondary N) is 1. The highest BCUT2D eigenvalue weighted by Crippen LogP contribution is 2.21. The van der Waals surface area contributed by atoms with Crippen LogP contribution in [0.5, 0.6) is 0 Å². The van der Waals surface area contributed by atoms with Gasteiger partial charge in [-0.2, -0.15) is 5.10 Å². The lowest BCUT2D eigenvalue weighted by Gasteiger charge is -2.14. The Bertz CT molecular complexity index is 399. The van der Waals surface area contributed by atoms with E-state index in [1.807, 2.05) is 25.5 Å². The van der Waals surface area contributed by atoms with Crippen LogP contribution in [0, 0.1) is 13.8 Å². The predicted octanol–water partition coefficient (Wildman–Crippen LogP) is 1.65. The number of carbonyl (C=O) groups is 1. The van der Waals surface area contributed by atoms with Gasteiger partial charge in [-0.3, -0.25) is 9.48 Å². The number of carboxylic acid groups (broad SMARTS) is 1. The summed E-state index contributed by atoms with van der Waals surface area (Å²) in [5.41, 5.74) is 3.34. The molecule has 0 saturated heterocycles. The SMILES string of the molecule is CCn1nc(C)c(C(C)NCCC(=O)O)c1C. The monoisotopic (exact) mass is 239 g/mol. The minimum Gasteiger partial charge on any atom is -0.481 e. The van der Waals surface area contributed by atoms with E-state index in [1.165, 1.54) is 5.56 Å². The van der Waals surface area contributed by atoms with Gasteiger partial charge in [-0.25, -0.2) is 0 Å². The Labute approximate surface area is 102 Å². The molecule has 2 N–H and O–H groups in total. The Morgan fingerprint density at radius 3 is 2.65 bits per heavy atom. The quantitative estimate of drug-likeness (QED) is 0.792. The molecule has 1 aromatic rings. The molecule has 0 fully saturated rings. The number of aromatic nitrogens is 2. The lowest BCUT2D eigenvalue weighted by atomic mass is 10.1. The fourth-order valence-corrected chi connectivity index (χ4v) is 2.14. The van der Waals surface area contributed by atoms with E-state index >= 15 is 0 Å². The van der Waals surface area contributed by atoms with E-state index in [1.54, 1.807) is 0 Å². The highest BCUT2D eigenvalue weighted by atomic mass is 16.4. The molecule has 5 nitrogen and oxygen atoms in total. The summed E-state index contributed by atoms with van der Waals surface area (Å²) in [6, 6.07) is 0.134. The van der Waals surface area contributed by atoms with Crippen LogP contribution in [0.25, 0.3) is 0 Å². The van der Waals surface area contributed by atoms with Crippen LogP contribution >= 0.6 is 0 Å². The van der Waals surface area contributed by atoms with Gasteiger partial charge in [0.05, 0.1) is 12.1 Å². The fraction of sp³-hybridized carbons (Fsp3) is 0.667. The third kappa shape index (κ3) is 3.30. The van der Waals surface area contributed by atoms with Gasteiger partial charge >= 0.3 is 5.97 Å². The number of aliphatic carboxylic acids is 1. The molecule has 0 aliphatic heterocycles. The second kappa shape index (κ2) is 5.82. The molecule has 0 saturated carbocycles. The van der Waals surface area contributed by atoms with Crippen molar-refractivity contribution >= 4 is 5.97 Å². The first-order valence-corrected chi connectivity index (χ1v) is 5.96. The van der Waals surface area contributed by atoms with Crippen molar-refractivity contribution in [3.8, 4) is 0 Å². The summed E-state index contributed by atoms with van der Waals surface area (Å²) in [5, 5.41) is 16.3. The highest BCUT2D eigenvalue weighted by molar-refractivity contribution is 5.66. The van der Waals surface area contributed by atoms with Crippen molar-refractivity contribution in [3.05, 3.63) is 17.0 Å². The summed E-state index contributed by atoms with van der Waals surface area (Å²) in [4.78, 5) is 10.4. The molecule has 0 aliphatic carbocycles. The molecule has 0 bridgehead atoms. The van der Waals surface area contributed by atoms with Crippen LogP contribution in [0.4, 0.5) is 0 Å². The van der Waals surface area contributed by atoms with E-state index in [2.05, 4.69) is 17.3 Å². The first-order valence-electron chi connectivity index (χ1n) is 5.96. The van der Waals surface area contributed by atoms with Gasteiger partial charge in [0.15, 0.2) is 0 Å². The zero-order valence-corrected chi connectivity index (χ0v) is 10.9. The summed E-state index contributed by atoms with van der Waals surface area (Å²) in [6.07, 6.45) is 0.143. The van der Waals surface area contributed by atoms with E-state index in [0.29, 0.717) is 6.54 Å². The molecule has 17 heavy (non-hydrogen) atoms. The number of hydrogen-bond acceptors (Lipinski definition) is 3. The molecular formula is C12H21N3O2. The molecule has 1 heterocycles. The average molecular weight is 239 g/mol. The number of aryl methyl sites for hydroxylation is 2. The largest absolute Gasteiger partial charge is 0.481 e. The van der Waals surface area contributed by atoms with Crippen LogP contribution in [-0.2, 0) is 11.3 Å². The first kappa shape index (κ1) is 13.7. The van der Waals surface area contributed by atoms with Crippen molar-refractivity contribution in [3.63, 3.8) is 0 Å². The van der Waals surface area contributed by atoms with Gasteiger partial charge < -0.3 is 10.4 Å². The molecular weight excluding hydrogens is 218 g/mol. The van der Waals surface area contributed by atoms with Crippen molar-refractivity contribution in [1.82, 2.24) is 15.1 Å². The molecule has 1 unspecified atom stereocenters. The summed E-state index contributed by atoms with van der Waals surface area (Å²) >= 11 is 0. The lowest BCUT2D eigenvalue weighted by Crippen LogP contribution is -2.22. The minimum atomic E-state index is -0.776. The maximum Gasteiger partial charge on any atom is 0.304 e. The molecule has 5 heteroatoms. The Kier molecular flexibility index (Phi) is 4.69. The van der Waals surface area contributed by atoms with E-state index in [-0.39, 0.29) is 12.5 Å². The smallest absolute Gasteiger partial charge is 0.304 e. The van der Waals surface area contributed by atoms with Crippen molar-refractivity contribution in [2.24, 2.45) is 0 Å². The molecule has 96 valence electrons. The zero-order chi connectivity index (χ0) is 13.0. The zero-order valence-electron chi connectivity index (χ0n) is 10.9. The van der Waals surface area contributed by atoms with E-state index in [9.17, 15) is 4.79 Å². The molecule has 0 aromatic carbocycles. The fourth-order valence-electron chi connectivity index (χ4n) is 2.14. The Morgan fingerprint density at radius 2 is 2.18 bits per heavy atom. The van der Waals surface area contributed by atoms with Gasteiger partial charge in [-0.15, -0.1) is 0 Å². The van der Waals surface area contributed by atoms with Crippen molar-refractivity contribution < 1.29 is 9.90 Å². The summed E-state index contributed by atoms with van der Waals surface area (Å²) in [7, 11) is 0. The number of rotatable bonds is 6. The summed E-state index contributed by atoms with van der Waals surface area (Å²) in [5.74, 6) is -0.776. The first-order chi connectivity index (χ1) is 7.97. The predicted molar refractivity (Wildman–Crippen MR) is 66.0 cm³/mol. The molecule has 0 radical (unpaired) electrons. The van der Waals surface area contributed by atoms with Crippen LogP contribution in [0.2, 0.25) is 0 Å². The van der Waals surface area contributed by atoms with Crippen LogP contribution < -0.4 is 5.32 Å². The van der Waals surface area contributed by atoms with Crippen LogP contribution in [0.15, 0.2) is 0 Å². The van der Waals surface area contributed by atoms with Crippen molar-refractivity contribution in [2.75, 3.05) is 6.54 Å². The highest BCUT2D eigenvalue weighted by Gasteiger charge is 2.16. The molecule has 1 aromatic heterocycles. The Morgan fingerprint density at radius 1 is 1.53 bits per heavy atom. The van der Waals surface area contributed by atoms with E-state index in [4.69, 9.17) is 5.11 Å². The number of nitrogens with zero attached hydrogens (tertiary/aromatic N) is 2. The minimum absolute atomic E-state index is 0.134. The van der Waals surface area contributed by atoms with Gasteiger partial charge in [0.1, 0.15) is 0 Å².